The van der Waals surface area contributed by atoms with Crippen molar-refractivity contribution in [1.82, 2.24) is 4.90 Å². The summed E-state index contributed by atoms with van der Waals surface area (Å²) in [6.07, 6.45) is 1.01. The summed E-state index contributed by atoms with van der Waals surface area (Å²) in [7, 11) is 0. The van der Waals surface area contributed by atoms with Crippen LogP contribution >= 0.6 is 0 Å². The van der Waals surface area contributed by atoms with Crippen molar-refractivity contribution in [1.29, 1.82) is 0 Å². The molecule has 0 radical (unpaired) electrons. The molecule has 0 spiro atoms. The first kappa shape index (κ1) is 18.5. The number of carbonyl (C=O) groups is 1. The Balaban J connectivity index is 1.69. The van der Waals surface area contributed by atoms with Gasteiger partial charge in [-0.3, -0.25) is 4.79 Å². The fourth-order valence-corrected chi connectivity index (χ4v) is 3.56. The highest BCUT2D eigenvalue weighted by Gasteiger charge is 2.28. The maximum atomic E-state index is 12.9. The molecular formula is C22H28N2O2. The van der Waals surface area contributed by atoms with Gasteiger partial charge in [-0.1, -0.05) is 48.5 Å². The molecule has 1 fully saturated rings. The van der Waals surface area contributed by atoms with Gasteiger partial charge in [0.1, 0.15) is 6.04 Å². The minimum absolute atomic E-state index is 0.0836. The Kier molecular flexibility index (Phi) is 5.94. The molecule has 26 heavy (non-hydrogen) atoms. The maximum absolute atomic E-state index is 12.9. The number of carbonyl (C=O) groups excluding carboxylic acids is 1. The third-order valence-corrected chi connectivity index (χ3v) is 4.73. The van der Waals surface area contributed by atoms with Crippen LogP contribution in [0.3, 0.4) is 0 Å². The molecular weight excluding hydrogens is 324 g/mol. The molecule has 1 saturated heterocycles. The number of nitrogens with one attached hydrogen (secondary N) is 1. The van der Waals surface area contributed by atoms with E-state index in [0.717, 1.165) is 12.1 Å². The van der Waals surface area contributed by atoms with Crippen molar-refractivity contribution >= 4 is 11.6 Å². The van der Waals surface area contributed by atoms with Gasteiger partial charge in [-0.15, -0.1) is 0 Å². The number of para-hydroxylation sites is 1. The van der Waals surface area contributed by atoms with Crippen LogP contribution < -0.4 is 5.32 Å². The van der Waals surface area contributed by atoms with Gasteiger partial charge in [-0.25, -0.2) is 0 Å². The second-order valence-electron chi connectivity index (χ2n) is 7.19. The van der Waals surface area contributed by atoms with Gasteiger partial charge in [0.05, 0.1) is 12.2 Å². The van der Waals surface area contributed by atoms with Crippen molar-refractivity contribution in [2.45, 2.75) is 45.4 Å². The monoisotopic (exact) mass is 352 g/mol. The smallest absolute Gasteiger partial charge is 0.244 e. The van der Waals surface area contributed by atoms with Crippen molar-refractivity contribution < 1.29 is 9.53 Å². The van der Waals surface area contributed by atoms with Gasteiger partial charge < -0.3 is 15.0 Å². The molecule has 3 atom stereocenters. The molecule has 3 unspecified atom stereocenters. The molecule has 2 aromatic carbocycles. The SMILES string of the molecule is CC1CN(C(=O)C(C)Nc2ccccc2Cc2ccccc2)CC(C)O1. The summed E-state index contributed by atoms with van der Waals surface area (Å²) < 4.78 is 5.74. The lowest BCUT2D eigenvalue weighted by Crippen LogP contribution is -2.52. The zero-order valence-corrected chi connectivity index (χ0v) is 15.8. The molecule has 1 N–H and O–H groups in total. The quantitative estimate of drug-likeness (QED) is 0.892. The predicted molar refractivity (Wildman–Crippen MR) is 105 cm³/mol. The molecule has 4 nitrogen and oxygen atoms in total. The van der Waals surface area contributed by atoms with Gasteiger partial charge in [-0.05, 0) is 44.4 Å². The van der Waals surface area contributed by atoms with Gasteiger partial charge in [0.25, 0.3) is 0 Å². The van der Waals surface area contributed by atoms with E-state index in [-0.39, 0.29) is 24.2 Å². The van der Waals surface area contributed by atoms with Gasteiger partial charge in [-0.2, -0.15) is 0 Å². The second-order valence-corrected chi connectivity index (χ2v) is 7.19. The fourth-order valence-electron chi connectivity index (χ4n) is 3.56. The highest BCUT2D eigenvalue weighted by Crippen LogP contribution is 2.21. The van der Waals surface area contributed by atoms with E-state index in [1.807, 2.05) is 49.9 Å². The normalized spacial score (nSPS) is 21.3. The van der Waals surface area contributed by atoms with E-state index in [1.54, 1.807) is 0 Å². The topological polar surface area (TPSA) is 41.6 Å². The summed E-state index contributed by atoms with van der Waals surface area (Å²) in [4.78, 5) is 14.8. The first-order valence-electron chi connectivity index (χ1n) is 9.35. The fraction of sp³-hybridized carbons (Fsp3) is 0.409. The molecule has 1 heterocycles. The van der Waals surface area contributed by atoms with Crippen LogP contribution in [0.5, 0.6) is 0 Å². The zero-order valence-electron chi connectivity index (χ0n) is 15.8. The largest absolute Gasteiger partial charge is 0.374 e. The number of benzene rings is 2. The average molecular weight is 352 g/mol. The molecule has 4 heteroatoms. The molecule has 0 bridgehead atoms. The van der Waals surface area contributed by atoms with E-state index in [9.17, 15) is 4.79 Å². The summed E-state index contributed by atoms with van der Waals surface area (Å²) in [5.41, 5.74) is 3.48. The van der Waals surface area contributed by atoms with Crippen molar-refractivity contribution in [3.8, 4) is 0 Å². The zero-order chi connectivity index (χ0) is 18.5. The first-order valence-corrected chi connectivity index (χ1v) is 9.35. The van der Waals surface area contributed by atoms with Crippen LogP contribution in [0.4, 0.5) is 5.69 Å². The average Bonchev–Trinajstić information content (AvgIpc) is 2.62. The van der Waals surface area contributed by atoms with Crippen molar-refractivity contribution in [3.63, 3.8) is 0 Å². The highest BCUT2D eigenvalue weighted by molar-refractivity contribution is 5.84. The number of nitrogens with zero attached hydrogens (tertiary/aromatic N) is 1. The first-order chi connectivity index (χ1) is 12.5. The molecule has 138 valence electrons. The van der Waals surface area contributed by atoms with E-state index in [0.29, 0.717) is 13.1 Å². The van der Waals surface area contributed by atoms with Crippen LogP contribution in [0.2, 0.25) is 0 Å². The molecule has 1 aliphatic rings. The van der Waals surface area contributed by atoms with Crippen molar-refractivity contribution in [2.24, 2.45) is 0 Å². The van der Waals surface area contributed by atoms with Crippen LogP contribution in [-0.4, -0.2) is 42.1 Å². The lowest BCUT2D eigenvalue weighted by Gasteiger charge is -2.37. The Labute approximate surface area is 156 Å². The minimum Gasteiger partial charge on any atom is -0.374 e. The lowest BCUT2D eigenvalue weighted by molar-refractivity contribution is -0.143. The van der Waals surface area contributed by atoms with E-state index in [2.05, 4.69) is 35.6 Å². The van der Waals surface area contributed by atoms with Crippen LogP contribution in [0.1, 0.15) is 31.9 Å². The Morgan fingerprint density at radius 1 is 1.08 bits per heavy atom. The molecule has 1 amide bonds. The molecule has 0 aromatic heterocycles. The predicted octanol–water partition coefficient (Wildman–Crippen LogP) is 3.71. The third kappa shape index (κ3) is 4.64. The van der Waals surface area contributed by atoms with Gasteiger partial charge in [0.2, 0.25) is 5.91 Å². The van der Waals surface area contributed by atoms with E-state index in [1.165, 1.54) is 11.1 Å². The highest BCUT2D eigenvalue weighted by atomic mass is 16.5. The number of hydrogen-bond acceptors (Lipinski definition) is 3. The Bertz CT molecular complexity index is 722. The molecule has 2 aromatic rings. The van der Waals surface area contributed by atoms with Crippen LogP contribution in [0.15, 0.2) is 54.6 Å². The number of morpholine rings is 1. The van der Waals surface area contributed by atoms with E-state index < -0.39 is 0 Å². The number of amides is 1. The van der Waals surface area contributed by atoms with Crippen LogP contribution in [-0.2, 0) is 16.0 Å². The summed E-state index contributed by atoms with van der Waals surface area (Å²) in [5, 5.41) is 3.43. The summed E-state index contributed by atoms with van der Waals surface area (Å²) in [5.74, 6) is 0.126. The summed E-state index contributed by atoms with van der Waals surface area (Å²) in [6.45, 7) is 7.28. The Hall–Kier alpha value is -2.33. The maximum Gasteiger partial charge on any atom is 0.244 e. The second kappa shape index (κ2) is 8.37. The third-order valence-electron chi connectivity index (χ3n) is 4.73. The molecule has 0 saturated carbocycles. The standard InChI is InChI=1S/C22H28N2O2/c1-16-14-24(15-17(2)26-16)22(25)18(3)23-21-12-8-7-11-20(21)13-19-9-5-4-6-10-19/h4-12,16-18,23H,13-15H2,1-3H3. The Morgan fingerprint density at radius 2 is 1.69 bits per heavy atom. The van der Waals surface area contributed by atoms with Crippen LogP contribution in [0.25, 0.3) is 0 Å². The van der Waals surface area contributed by atoms with Crippen LogP contribution in [0, 0.1) is 0 Å². The molecule has 3 rings (SSSR count). The van der Waals surface area contributed by atoms with E-state index in [4.69, 9.17) is 4.74 Å². The number of ether oxygens (including phenoxy) is 1. The lowest BCUT2D eigenvalue weighted by atomic mass is 10.0. The minimum atomic E-state index is -0.274. The van der Waals surface area contributed by atoms with Crippen molar-refractivity contribution in [2.75, 3.05) is 18.4 Å². The molecule has 0 aliphatic carbocycles. The molecule has 1 aliphatic heterocycles. The number of hydrogen-bond donors (Lipinski definition) is 1. The van der Waals surface area contributed by atoms with Gasteiger partial charge >= 0.3 is 0 Å². The van der Waals surface area contributed by atoms with E-state index >= 15 is 0 Å². The van der Waals surface area contributed by atoms with Gasteiger partial charge in [0, 0.05) is 18.8 Å². The van der Waals surface area contributed by atoms with Crippen molar-refractivity contribution in [3.05, 3.63) is 65.7 Å². The summed E-state index contributed by atoms with van der Waals surface area (Å²) >= 11 is 0. The van der Waals surface area contributed by atoms with Gasteiger partial charge in [0.15, 0.2) is 0 Å². The number of anilines is 1. The number of rotatable bonds is 5. The Morgan fingerprint density at radius 3 is 2.38 bits per heavy atom. The summed E-state index contributed by atoms with van der Waals surface area (Å²) in [6, 6.07) is 18.3.